The van der Waals surface area contributed by atoms with Gasteiger partial charge in [0.25, 0.3) is 5.69 Å². The molecule has 51 heavy (non-hydrogen) atoms. The number of nitro groups is 1. The van der Waals surface area contributed by atoms with Crippen LogP contribution >= 0.6 is 0 Å². The van der Waals surface area contributed by atoms with E-state index in [1.165, 1.54) is 34.4 Å². The molecular formula is C37H48N2O12. The van der Waals surface area contributed by atoms with E-state index in [0.29, 0.717) is 111 Å². The number of benzene rings is 3. The molecule has 0 saturated carbocycles. The van der Waals surface area contributed by atoms with Crippen molar-refractivity contribution >= 4 is 11.8 Å². The van der Waals surface area contributed by atoms with E-state index in [1.807, 2.05) is 24.3 Å². The molecule has 0 aliphatic heterocycles. The topological polar surface area (TPSA) is 155 Å². The summed E-state index contributed by atoms with van der Waals surface area (Å²) in [5, 5.41) is 13.4. The van der Waals surface area contributed by atoms with Gasteiger partial charge in [-0.1, -0.05) is 48.5 Å². The number of fused-ring (bicyclic) bond motifs is 3. The largest absolute Gasteiger partial charge is 0.491 e. The van der Waals surface area contributed by atoms with Crippen LogP contribution in [0.4, 0.5) is 10.5 Å². The number of non-ortho nitro benzene ring substituents is 1. The number of nitrogens with one attached hydrogen (secondary N) is 1. The Bertz CT molecular complexity index is 1380. The van der Waals surface area contributed by atoms with Gasteiger partial charge in [0, 0.05) is 24.6 Å². The van der Waals surface area contributed by atoms with Crippen molar-refractivity contribution in [1.82, 2.24) is 5.32 Å². The molecule has 1 amide bonds. The Morgan fingerprint density at radius 3 is 1.43 bits per heavy atom. The van der Waals surface area contributed by atoms with Crippen LogP contribution in [0.2, 0.25) is 0 Å². The smallest absolute Gasteiger partial charge is 0.407 e. The standard InChI is InChI=1S/C37H48N2O12/c40-37(51-29-36-34-7-3-1-5-32(34)33-6-2-4-8-35(33)36)38-13-14-43-15-16-44-17-18-45-19-20-46-21-22-47-23-24-48-25-26-49-27-28-50-31-11-9-30(10-12-31)39(41)42/h1-12,36H,13-29H2,(H,38,40). The molecule has 0 aromatic heterocycles. The zero-order chi connectivity index (χ0) is 35.8. The number of rotatable bonds is 28. The summed E-state index contributed by atoms with van der Waals surface area (Å²) in [7, 11) is 0. The molecule has 0 bridgehead atoms. The Hall–Kier alpha value is -4.15. The maximum absolute atomic E-state index is 12.2. The zero-order valence-electron chi connectivity index (χ0n) is 28.9. The predicted molar refractivity (Wildman–Crippen MR) is 187 cm³/mol. The van der Waals surface area contributed by atoms with Crippen molar-refractivity contribution < 1.29 is 52.3 Å². The Balaban J connectivity index is 0.828. The Kier molecular flexibility index (Phi) is 18.7. The Morgan fingerprint density at radius 2 is 0.980 bits per heavy atom. The van der Waals surface area contributed by atoms with Gasteiger partial charge in [-0.25, -0.2) is 4.79 Å². The molecule has 0 atom stereocenters. The fraction of sp³-hybridized carbons (Fsp3) is 0.486. The van der Waals surface area contributed by atoms with Crippen molar-refractivity contribution in [1.29, 1.82) is 0 Å². The van der Waals surface area contributed by atoms with Gasteiger partial charge in [0.1, 0.15) is 19.0 Å². The van der Waals surface area contributed by atoms with Gasteiger partial charge in [0.05, 0.1) is 97.4 Å². The maximum Gasteiger partial charge on any atom is 0.407 e. The number of amides is 1. The first-order chi connectivity index (χ1) is 25.1. The van der Waals surface area contributed by atoms with E-state index in [-0.39, 0.29) is 18.2 Å². The molecule has 14 nitrogen and oxygen atoms in total. The van der Waals surface area contributed by atoms with E-state index in [9.17, 15) is 14.9 Å². The molecule has 0 fully saturated rings. The minimum Gasteiger partial charge on any atom is -0.491 e. The SMILES string of the molecule is O=C(NCCOCCOCCOCCOCCOCCOCCOCCOc1ccc([N+](=O)[O-])cc1)OCC1c2ccccc2-c2ccccc21. The van der Waals surface area contributed by atoms with Gasteiger partial charge in [0.2, 0.25) is 0 Å². The Labute approximate surface area is 298 Å². The molecule has 1 aliphatic carbocycles. The maximum atomic E-state index is 12.2. The number of nitrogens with zero attached hydrogens (tertiary/aromatic N) is 1. The molecule has 3 aromatic carbocycles. The van der Waals surface area contributed by atoms with Crippen LogP contribution in [0, 0.1) is 10.1 Å². The van der Waals surface area contributed by atoms with Crippen molar-refractivity contribution in [3.05, 3.63) is 94.0 Å². The first-order valence-electron chi connectivity index (χ1n) is 17.1. The number of carbonyl (C=O) groups excluding carboxylic acids is 1. The quantitative estimate of drug-likeness (QED) is 0.0634. The van der Waals surface area contributed by atoms with Crippen LogP contribution in [0.15, 0.2) is 72.8 Å². The number of hydrogen-bond acceptors (Lipinski definition) is 12. The van der Waals surface area contributed by atoms with Gasteiger partial charge in [-0.15, -0.1) is 0 Å². The third kappa shape index (κ3) is 14.9. The van der Waals surface area contributed by atoms with E-state index in [0.717, 1.165) is 0 Å². The molecule has 0 saturated heterocycles. The molecule has 0 radical (unpaired) electrons. The summed E-state index contributed by atoms with van der Waals surface area (Å²) in [6.45, 7) is 7.09. The van der Waals surface area contributed by atoms with Gasteiger partial charge in [-0.3, -0.25) is 10.1 Å². The lowest BCUT2D eigenvalue weighted by Gasteiger charge is -2.14. The highest BCUT2D eigenvalue weighted by molar-refractivity contribution is 5.79. The molecule has 3 aromatic rings. The van der Waals surface area contributed by atoms with E-state index in [1.54, 1.807) is 12.1 Å². The molecule has 4 rings (SSSR count). The number of alkyl carbamates (subject to hydrolysis) is 1. The second kappa shape index (κ2) is 24.1. The highest BCUT2D eigenvalue weighted by Crippen LogP contribution is 2.44. The molecular weight excluding hydrogens is 664 g/mol. The number of ether oxygens (including phenoxy) is 9. The van der Waals surface area contributed by atoms with Crippen molar-refractivity contribution in [3.63, 3.8) is 0 Å². The summed E-state index contributed by atoms with van der Waals surface area (Å²) in [5.41, 5.74) is 4.77. The average Bonchev–Trinajstić information content (AvgIpc) is 3.47. The highest BCUT2D eigenvalue weighted by atomic mass is 16.6. The van der Waals surface area contributed by atoms with Crippen LogP contribution in [0.3, 0.4) is 0 Å². The van der Waals surface area contributed by atoms with Gasteiger partial charge in [0.15, 0.2) is 0 Å². The van der Waals surface area contributed by atoms with Gasteiger partial charge in [-0.05, 0) is 34.4 Å². The Morgan fingerprint density at radius 1 is 0.569 bits per heavy atom. The molecule has 0 unspecified atom stereocenters. The molecule has 1 N–H and O–H groups in total. The molecule has 0 spiro atoms. The third-order valence-electron chi connectivity index (χ3n) is 7.64. The molecule has 14 heteroatoms. The van der Waals surface area contributed by atoms with Crippen molar-refractivity contribution in [3.8, 4) is 16.9 Å². The van der Waals surface area contributed by atoms with E-state index < -0.39 is 11.0 Å². The van der Waals surface area contributed by atoms with Gasteiger partial charge in [-0.2, -0.15) is 0 Å². The van der Waals surface area contributed by atoms with Crippen molar-refractivity contribution in [2.75, 3.05) is 112 Å². The fourth-order valence-electron chi connectivity index (χ4n) is 5.18. The number of carbonyl (C=O) groups is 1. The van der Waals surface area contributed by atoms with Gasteiger partial charge < -0.3 is 47.9 Å². The highest BCUT2D eigenvalue weighted by Gasteiger charge is 2.28. The van der Waals surface area contributed by atoms with E-state index in [2.05, 4.69) is 29.6 Å². The van der Waals surface area contributed by atoms with E-state index in [4.69, 9.17) is 42.6 Å². The second-order valence-electron chi connectivity index (χ2n) is 11.1. The zero-order valence-corrected chi connectivity index (χ0v) is 28.9. The summed E-state index contributed by atoms with van der Waals surface area (Å²) in [6.07, 6.45) is -0.460. The normalized spacial score (nSPS) is 12.0. The lowest BCUT2D eigenvalue weighted by molar-refractivity contribution is -0.384. The van der Waals surface area contributed by atoms with Crippen LogP contribution in [0.25, 0.3) is 11.1 Å². The first-order valence-corrected chi connectivity index (χ1v) is 17.1. The third-order valence-corrected chi connectivity index (χ3v) is 7.64. The van der Waals surface area contributed by atoms with Crippen molar-refractivity contribution in [2.24, 2.45) is 0 Å². The van der Waals surface area contributed by atoms with Crippen LogP contribution in [0.1, 0.15) is 17.0 Å². The lowest BCUT2D eigenvalue weighted by atomic mass is 9.98. The molecule has 278 valence electrons. The van der Waals surface area contributed by atoms with Crippen LogP contribution in [-0.4, -0.2) is 123 Å². The fourth-order valence-corrected chi connectivity index (χ4v) is 5.18. The molecule has 1 aliphatic rings. The lowest BCUT2D eigenvalue weighted by Crippen LogP contribution is -2.29. The van der Waals surface area contributed by atoms with Crippen LogP contribution in [0.5, 0.6) is 5.75 Å². The summed E-state index contributed by atoms with van der Waals surface area (Å²) in [5.74, 6) is 0.582. The minimum absolute atomic E-state index is 0.0218. The first kappa shape index (κ1) is 39.6. The number of nitro benzene ring substituents is 1. The summed E-state index contributed by atoms with van der Waals surface area (Å²) < 4.78 is 49.3. The summed E-state index contributed by atoms with van der Waals surface area (Å²) in [4.78, 5) is 22.4. The van der Waals surface area contributed by atoms with Gasteiger partial charge >= 0.3 is 6.09 Å². The van der Waals surface area contributed by atoms with Crippen LogP contribution in [-0.2, 0) is 37.9 Å². The predicted octanol–water partition coefficient (Wildman–Crippen LogP) is 4.63. The average molecular weight is 713 g/mol. The van der Waals surface area contributed by atoms with Crippen molar-refractivity contribution in [2.45, 2.75) is 5.92 Å². The van der Waals surface area contributed by atoms with E-state index >= 15 is 0 Å². The minimum atomic E-state index is -0.460. The second-order valence-corrected chi connectivity index (χ2v) is 11.1. The monoisotopic (exact) mass is 712 g/mol. The summed E-state index contributed by atoms with van der Waals surface area (Å²) in [6, 6.07) is 22.4. The number of hydrogen-bond donors (Lipinski definition) is 1. The van der Waals surface area contributed by atoms with Crippen LogP contribution < -0.4 is 10.1 Å². The summed E-state index contributed by atoms with van der Waals surface area (Å²) >= 11 is 0. The molecule has 0 heterocycles.